The summed E-state index contributed by atoms with van der Waals surface area (Å²) in [6, 6.07) is 5.63. The van der Waals surface area contributed by atoms with Crippen LogP contribution in [-0.2, 0) is 4.79 Å². The molecule has 1 aromatic rings. The highest BCUT2D eigenvalue weighted by atomic mass is 79.9. The van der Waals surface area contributed by atoms with E-state index in [1.807, 2.05) is 25.1 Å². The standard InChI is InChI=1S/C15H21BrN2O2.ClH/c1-2-20-14-8-11(16)6-7-13(14)18-15(19)12-5-3-4-10(12)9-17;/h6-8,10,12H,2-5,9,17H2,1H3,(H,18,19);1H/t10-,12-;/m1./s1. The molecule has 118 valence electrons. The van der Waals surface area contributed by atoms with E-state index < -0.39 is 0 Å². The van der Waals surface area contributed by atoms with Crippen LogP contribution in [-0.4, -0.2) is 19.1 Å². The first-order valence-electron chi connectivity index (χ1n) is 7.09. The van der Waals surface area contributed by atoms with Crippen molar-refractivity contribution >= 4 is 39.9 Å². The number of halogens is 2. The number of hydrogen-bond donors (Lipinski definition) is 2. The summed E-state index contributed by atoms with van der Waals surface area (Å²) < 4.78 is 6.50. The summed E-state index contributed by atoms with van der Waals surface area (Å²) in [5.41, 5.74) is 6.47. The third-order valence-corrected chi connectivity index (χ3v) is 4.29. The number of ether oxygens (including phenoxy) is 1. The molecule has 1 saturated carbocycles. The molecule has 0 aromatic heterocycles. The number of carbonyl (C=O) groups excluding carboxylic acids is 1. The minimum absolute atomic E-state index is 0. The molecule has 2 rings (SSSR count). The van der Waals surface area contributed by atoms with Gasteiger partial charge in [0.05, 0.1) is 12.3 Å². The maximum Gasteiger partial charge on any atom is 0.227 e. The number of nitrogens with one attached hydrogen (secondary N) is 1. The van der Waals surface area contributed by atoms with E-state index >= 15 is 0 Å². The lowest BCUT2D eigenvalue weighted by Gasteiger charge is -2.19. The molecule has 2 atom stereocenters. The summed E-state index contributed by atoms with van der Waals surface area (Å²) in [7, 11) is 0. The smallest absolute Gasteiger partial charge is 0.227 e. The van der Waals surface area contributed by atoms with Gasteiger partial charge in [-0.3, -0.25) is 4.79 Å². The summed E-state index contributed by atoms with van der Waals surface area (Å²) in [5.74, 6) is 1.08. The molecule has 1 amide bonds. The number of rotatable bonds is 5. The molecule has 3 N–H and O–H groups in total. The lowest BCUT2D eigenvalue weighted by atomic mass is 9.95. The predicted octanol–water partition coefficient (Wildman–Crippen LogP) is 3.58. The van der Waals surface area contributed by atoms with Crippen LogP contribution in [0.5, 0.6) is 5.75 Å². The second-order valence-electron chi connectivity index (χ2n) is 5.10. The second kappa shape index (κ2) is 8.61. The van der Waals surface area contributed by atoms with Gasteiger partial charge in [0, 0.05) is 10.4 Å². The molecule has 1 aliphatic rings. The molecule has 21 heavy (non-hydrogen) atoms. The summed E-state index contributed by atoms with van der Waals surface area (Å²) in [6.45, 7) is 3.07. The summed E-state index contributed by atoms with van der Waals surface area (Å²) in [4.78, 5) is 12.4. The highest BCUT2D eigenvalue weighted by molar-refractivity contribution is 9.10. The molecule has 6 heteroatoms. The number of nitrogens with two attached hydrogens (primary N) is 1. The van der Waals surface area contributed by atoms with Crippen molar-refractivity contribution in [3.8, 4) is 5.75 Å². The van der Waals surface area contributed by atoms with Crippen molar-refractivity contribution in [3.63, 3.8) is 0 Å². The zero-order valence-corrected chi connectivity index (χ0v) is 14.5. The number of carbonyl (C=O) groups is 1. The molecule has 0 bridgehead atoms. The highest BCUT2D eigenvalue weighted by Crippen LogP contribution is 2.34. The molecule has 0 heterocycles. The first-order chi connectivity index (χ1) is 9.65. The van der Waals surface area contributed by atoms with Gasteiger partial charge in [0.15, 0.2) is 0 Å². The fraction of sp³-hybridized carbons (Fsp3) is 0.533. The Morgan fingerprint density at radius 2 is 2.24 bits per heavy atom. The van der Waals surface area contributed by atoms with Gasteiger partial charge < -0.3 is 15.8 Å². The molecular formula is C15H22BrClN2O2. The van der Waals surface area contributed by atoms with Gasteiger partial charge in [-0.05, 0) is 50.4 Å². The van der Waals surface area contributed by atoms with Crippen molar-refractivity contribution < 1.29 is 9.53 Å². The molecule has 1 aliphatic carbocycles. The Bertz CT molecular complexity index is 485. The van der Waals surface area contributed by atoms with E-state index in [0.29, 0.717) is 24.8 Å². The van der Waals surface area contributed by atoms with Crippen LogP contribution in [0.25, 0.3) is 0 Å². The number of amides is 1. The van der Waals surface area contributed by atoms with E-state index in [1.54, 1.807) is 0 Å². The average molecular weight is 378 g/mol. The molecular weight excluding hydrogens is 356 g/mol. The summed E-state index contributed by atoms with van der Waals surface area (Å²) >= 11 is 3.41. The zero-order chi connectivity index (χ0) is 14.5. The monoisotopic (exact) mass is 376 g/mol. The lowest BCUT2D eigenvalue weighted by molar-refractivity contribution is -0.120. The quantitative estimate of drug-likeness (QED) is 0.824. The van der Waals surface area contributed by atoms with Gasteiger partial charge in [0.1, 0.15) is 5.75 Å². The molecule has 0 spiro atoms. The number of anilines is 1. The van der Waals surface area contributed by atoms with Crippen LogP contribution in [0.3, 0.4) is 0 Å². The first-order valence-corrected chi connectivity index (χ1v) is 7.88. The molecule has 0 unspecified atom stereocenters. The average Bonchev–Trinajstić information content (AvgIpc) is 2.90. The van der Waals surface area contributed by atoms with Crippen molar-refractivity contribution in [3.05, 3.63) is 22.7 Å². The largest absolute Gasteiger partial charge is 0.492 e. The van der Waals surface area contributed by atoms with Crippen LogP contribution in [0.15, 0.2) is 22.7 Å². The Balaban J connectivity index is 0.00000220. The normalized spacial score (nSPS) is 20.7. The van der Waals surface area contributed by atoms with Gasteiger partial charge in [-0.1, -0.05) is 22.4 Å². The highest BCUT2D eigenvalue weighted by Gasteiger charge is 2.32. The summed E-state index contributed by atoms with van der Waals surface area (Å²) in [5, 5.41) is 2.99. The minimum Gasteiger partial charge on any atom is -0.492 e. The maximum absolute atomic E-state index is 12.4. The SMILES string of the molecule is CCOc1cc(Br)ccc1NC(=O)[C@@H]1CCC[C@@H]1CN.Cl. The van der Waals surface area contributed by atoms with Crippen LogP contribution < -0.4 is 15.8 Å². The maximum atomic E-state index is 12.4. The summed E-state index contributed by atoms with van der Waals surface area (Å²) in [6.07, 6.45) is 3.06. The van der Waals surface area contributed by atoms with Gasteiger partial charge in [-0.2, -0.15) is 0 Å². The van der Waals surface area contributed by atoms with E-state index in [0.717, 1.165) is 29.4 Å². The van der Waals surface area contributed by atoms with Gasteiger partial charge in [-0.15, -0.1) is 12.4 Å². The number of hydrogen-bond acceptors (Lipinski definition) is 3. The molecule has 0 saturated heterocycles. The second-order valence-corrected chi connectivity index (χ2v) is 6.01. The Morgan fingerprint density at radius 1 is 1.48 bits per heavy atom. The first kappa shape index (κ1) is 18.3. The van der Waals surface area contributed by atoms with Crippen LogP contribution in [0.1, 0.15) is 26.2 Å². The fourth-order valence-electron chi connectivity index (χ4n) is 2.76. The zero-order valence-electron chi connectivity index (χ0n) is 12.1. The number of benzene rings is 1. The van der Waals surface area contributed by atoms with E-state index in [-0.39, 0.29) is 24.2 Å². The van der Waals surface area contributed by atoms with Crippen molar-refractivity contribution in [1.82, 2.24) is 0 Å². The predicted molar refractivity (Wildman–Crippen MR) is 91.1 cm³/mol. The van der Waals surface area contributed by atoms with E-state index in [2.05, 4.69) is 21.2 Å². The Hall–Kier alpha value is -0.780. The van der Waals surface area contributed by atoms with Crippen molar-refractivity contribution in [2.24, 2.45) is 17.6 Å². The molecule has 4 nitrogen and oxygen atoms in total. The van der Waals surface area contributed by atoms with Crippen molar-refractivity contribution in [2.75, 3.05) is 18.5 Å². The van der Waals surface area contributed by atoms with E-state index in [4.69, 9.17) is 10.5 Å². The lowest BCUT2D eigenvalue weighted by Crippen LogP contribution is -2.29. The Labute approximate surface area is 140 Å². The molecule has 1 fully saturated rings. The van der Waals surface area contributed by atoms with E-state index in [9.17, 15) is 4.79 Å². The van der Waals surface area contributed by atoms with Crippen LogP contribution in [0, 0.1) is 11.8 Å². The third kappa shape index (κ3) is 4.59. The Morgan fingerprint density at radius 3 is 2.90 bits per heavy atom. The van der Waals surface area contributed by atoms with Crippen molar-refractivity contribution in [1.29, 1.82) is 0 Å². The van der Waals surface area contributed by atoms with Crippen LogP contribution in [0.2, 0.25) is 0 Å². The minimum atomic E-state index is 0. The fourth-order valence-corrected chi connectivity index (χ4v) is 3.10. The van der Waals surface area contributed by atoms with Gasteiger partial charge in [0.2, 0.25) is 5.91 Å². The topological polar surface area (TPSA) is 64.3 Å². The van der Waals surface area contributed by atoms with Crippen LogP contribution >= 0.6 is 28.3 Å². The third-order valence-electron chi connectivity index (χ3n) is 3.80. The molecule has 1 aromatic carbocycles. The molecule has 0 radical (unpaired) electrons. The van der Waals surface area contributed by atoms with Gasteiger partial charge in [-0.25, -0.2) is 0 Å². The van der Waals surface area contributed by atoms with E-state index in [1.165, 1.54) is 0 Å². The Kier molecular flexibility index (Phi) is 7.49. The molecule has 0 aliphatic heterocycles. The van der Waals surface area contributed by atoms with Gasteiger partial charge >= 0.3 is 0 Å². The van der Waals surface area contributed by atoms with Crippen molar-refractivity contribution in [2.45, 2.75) is 26.2 Å². The van der Waals surface area contributed by atoms with Gasteiger partial charge in [0.25, 0.3) is 0 Å². The van der Waals surface area contributed by atoms with Crippen LogP contribution in [0.4, 0.5) is 5.69 Å².